The number of aryl methyl sites for hydroxylation is 2. The second-order valence-corrected chi connectivity index (χ2v) is 13.2. The van der Waals surface area contributed by atoms with E-state index >= 15 is 0 Å². The first-order valence-corrected chi connectivity index (χ1v) is 14.6. The van der Waals surface area contributed by atoms with Gasteiger partial charge in [0.1, 0.15) is 11.5 Å². The Bertz CT molecular complexity index is 1690. The number of aliphatic hydroxyl groups is 2. The average Bonchev–Trinajstić information content (AvgIpc) is 2.90. The van der Waals surface area contributed by atoms with Crippen LogP contribution in [-0.4, -0.2) is 38.3 Å². The Hall–Kier alpha value is -3.77. The number of hydrogen-bond donors (Lipinski definition) is 3. The summed E-state index contributed by atoms with van der Waals surface area (Å²) < 4.78 is 0. The molecule has 5 rings (SSSR count). The third kappa shape index (κ3) is 3.45. The van der Waals surface area contributed by atoms with E-state index in [0.29, 0.717) is 16.7 Å². The van der Waals surface area contributed by atoms with Crippen LogP contribution in [0.1, 0.15) is 76.3 Å². The quantitative estimate of drug-likeness (QED) is 0.286. The summed E-state index contributed by atoms with van der Waals surface area (Å²) in [5, 5.41) is 35.3. The van der Waals surface area contributed by atoms with Gasteiger partial charge in [-0.1, -0.05) is 76.6 Å². The van der Waals surface area contributed by atoms with Crippen molar-refractivity contribution >= 4 is 34.8 Å². The van der Waals surface area contributed by atoms with Crippen molar-refractivity contribution < 1.29 is 29.7 Å². The van der Waals surface area contributed by atoms with Gasteiger partial charge < -0.3 is 15.3 Å². The van der Waals surface area contributed by atoms with E-state index in [9.17, 15) is 29.7 Å². The maximum atomic E-state index is 14.8. The summed E-state index contributed by atoms with van der Waals surface area (Å²) in [6.45, 7) is 16.6. The van der Waals surface area contributed by atoms with Gasteiger partial charge >= 0.3 is 0 Å². The van der Waals surface area contributed by atoms with E-state index in [1.54, 1.807) is 19.9 Å². The van der Waals surface area contributed by atoms with Crippen LogP contribution < -0.4 is 0 Å². The van der Waals surface area contributed by atoms with Crippen molar-refractivity contribution in [2.75, 3.05) is 0 Å². The van der Waals surface area contributed by atoms with Crippen molar-refractivity contribution in [3.63, 3.8) is 0 Å². The molecule has 0 saturated heterocycles. The number of hydrogen-bond acceptors (Lipinski definition) is 6. The van der Waals surface area contributed by atoms with Crippen LogP contribution in [0.25, 0.3) is 17.4 Å². The SMILES string of the molecule is CC(=O)C1=C(C)[C@@H](C(C)C)[C@]2(C)[C@@H](C)[C@@]3(C)C(=C(O)c4c(O)cccc4/C3=C\c3ccc(C)c(C)c3)C(=O)[C@]2(O)C1=O. The summed E-state index contributed by atoms with van der Waals surface area (Å²) >= 11 is 0. The first-order chi connectivity index (χ1) is 19.5. The van der Waals surface area contributed by atoms with Crippen molar-refractivity contribution in [1.29, 1.82) is 0 Å². The van der Waals surface area contributed by atoms with Crippen molar-refractivity contribution in [3.8, 4) is 5.75 Å². The lowest BCUT2D eigenvalue weighted by molar-refractivity contribution is -0.189. The monoisotopic (exact) mass is 568 g/mol. The zero-order valence-electron chi connectivity index (χ0n) is 25.8. The highest BCUT2D eigenvalue weighted by molar-refractivity contribution is 6.34. The van der Waals surface area contributed by atoms with Gasteiger partial charge in [0, 0.05) is 10.8 Å². The predicted molar refractivity (Wildman–Crippen MR) is 163 cm³/mol. The van der Waals surface area contributed by atoms with Crippen molar-refractivity contribution in [2.45, 2.75) is 67.9 Å². The van der Waals surface area contributed by atoms with Gasteiger partial charge in [0.2, 0.25) is 11.6 Å². The van der Waals surface area contributed by atoms with Crippen molar-refractivity contribution in [1.82, 2.24) is 0 Å². The highest BCUT2D eigenvalue weighted by Gasteiger charge is 2.75. The van der Waals surface area contributed by atoms with E-state index in [0.717, 1.165) is 16.7 Å². The van der Waals surface area contributed by atoms with E-state index in [1.807, 2.05) is 71.9 Å². The van der Waals surface area contributed by atoms with Gasteiger partial charge in [-0.15, -0.1) is 0 Å². The maximum absolute atomic E-state index is 14.8. The molecule has 5 atom stereocenters. The Morgan fingerprint density at radius 1 is 0.976 bits per heavy atom. The number of allylic oxidation sites excluding steroid dienone is 2. The number of Topliss-reactive ketones (excluding diaryl/α,β-unsaturated/α-hetero) is 3. The van der Waals surface area contributed by atoms with Gasteiger partial charge in [-0.05, 0) is 79.3 Å². The zero-order valence-corrected chi connectivity index (χ0v) is 25.8. The van der Waals surface area contributed by atoms with Crippen LogP contribution in [0.4, 0.5) is 0 Å². The van der Waals surface area contributed by atoms with Gasteiger partial charge in [-0.25, -0.2) is 0 Å². The lowest BCUT2D eigenvalue weighted by Gasteiger charge is -2.64. The van der Waals surface area contributed by atoms with E-state index in [-0.39, 0.29) is 28.4 Å². The molecule has 0 radical (unpaired) electrons. The molecular formula is C36H40O6. The van der Waals surface area contributed by atoms with E-state index in [2.05, 4.69) is 0 Å². The summed E-state index contributed by atoms with van der Waals surface area (Å²) in [5.74, 6) is -4.24. The molecule has 3 aliphatic carbocycles. The summed E-state index contributed by atoms with van der Waals surface area (Å²) in [5.41, 5.74) is -0.374. The largest absolute Gasteiger partial charge is 0.507 e. The average molecular weight is 569 g/mol. The minimum Gasteiger partial charge on any atom is -0.507 e. The van der Waals surface area contributed by atoms with Gasteiger partial charge in [-0.2, -0.15) is 0 Å². The fraction of sp³-hybridized carbons (Fsp3) is 0.417. The molecular weight excluding hydrogens is 528 g/mol. The Balaban J connectivity index is 1.94. The minimum atomic E-state index is -2.60. The molecule has 2 aromatic rings. The lowest BCUT2D eigenvalue weighted by atomic mass is 9.38. The topological polar surface area (TPSA) is 112 Å². The number of carbonyl (C=O) groups is 3. The summed E-state index contributed by atoms with van der Waals surface area (Å²) in [6, 6.07) is 11.0. The second-order valence-electron chi connectivity index (χ2n) is 13.2. The van der Waals surface area contributed by atoms with Crippen LogP contribution in [0.5, 0.6) is 5.75 Å². The van der Waals surface area contributed by atoms with E-state index < -0.39 is 51.4 Å². The Kier molecular flexibility index (Phi) is 6.63. The summed E-state index contributed by atoms with van der Waals surface area (Å²) in [7, 11) is 0. The second kappa shape index (κ2) is 9.37. The molecule has 6 nitrogen and oxygen atoms in total. The van der Waals surface area contributed by atoms with Gasteiger partial charge in [-0.3, -0.25) is 14.4 Å². The maximum Gasteiger partial charge on any atom is 0.206 e. The number of phenols is 1. The lowest BCUT2D eigenvalue weighted by Crippen LogP contribution is -2.73. The minimum absolute atomic E-state index is 0.0787. The number of aliphatic hydroxyl groups excluding tert-OH is 1. The molecule has 0 heterocycles. The van der Waals surface area contributed by atoms with Crippen LogP contribution >= 0.6 is 0 Å². The van der Waals surface area contributed by atoms with Gasteiger partial charge in [0.15, 0.2) is 11.4 Å². The fourth-order valence-electron chi connectivity index (χ4n) is 8.62. The number of ketones is 3. The summed E-state index contributed by atoms with van der Waals surface area (Å²) in [4.78, 5) is 41.8. The van der Waals surface area contributed by atoms with Crippen LogP contribution in [-0.2, 0) is 14.4 Å². The molecule has 42 heavy (non-hydrogen) atoms. The van der Waals surface area contributed by atoms with Crippen LogP contribution in [0, 0.1) is 42.4 Å². The number of aromatic hydroxyl groups is 1. The van der Waals surface area contributed by atoms with E-state index in [1.165, 1.54) is 13.0 Å². The zero-order chi connectivity index (χ0) is 31.3. The number of phenolic OH excluding ortho intramolecular Hbond substituents is 1. The summed E-state index contributed by atoms with van der Waals surface area (Å²) in [6.07, 6.45) is 1.98. The number of carbonyl (C=O) groups excluding carboxylic acids is 3. The highest BCUT2D eigenvalue weighted by Crippen LogP contribution is 2.70. The first-order valence-electron chi connectivity index (χ1n) is 14.6. The molecule has 2 aromatic carbocycles. The van der Waals surface area contributed by atoms with Gasteiger partial charge in [0.05, 0.1) is 16.7 Å². The molecule has 1 fully saturated rings. The molecule has 3 aliphatic rings. The molecule has 0 aliphatic heterocycles. The van der Waals surface area contributed by atoms with Gasteiger partial charge in [0.25, 0.3) is 0 Å². The third-order valence-corrected chi connectivity index (χ3v) is 10.9. The molecule has 0 bridgehead atoms. The van der Waals surface area contributed by atoms with Crippen molar-refractivity contribution in [3.05, 3.63) is 80.9 Å². The number of benzene rings is 2. The van der Waals surface area contributed by atoms with Crippen LogP contribution in [0.2, 0.25) is 0 Å². The molecule has 6 heteroatoms. The van der Waals surface area contributed by atoms with Crippen LogP contribution in [0.3, 0.4) is 0 Å². The number of fused-ring (bicyclic) bond motifs is 3. The molecule has 0 aromatic heterocycles. The third-order valence-electron chi connectivity index (χ3n) is 10.9. The molecule has 0 amide bonds. The standard InChI is InChI=1S/C36H40O6/c1-17(2)29-20(5)27(21(6)37)32(40)36(42)33(41)30-31(39)28-24(11-10-12-26(28)38)25(34(30,8)22(7)35(29,36)9)16-23-14-13-18(3)19(4)15-23/h10-17,22,29,38-39,42H,1-9H3/b25-16+/t22-,29+,34+,35-,36+/m0/s1. The molecule has 220 valence electrons. The molecule has 0 unspecified atom stereocenters. The van der Waals surface area contributed by atoms with E-state index in [4.69, 9.17) is 0 Å². The molecule has 1 saturated carbocycles. The smallest absolute Gasteiger partial charge is 0.206 e. The Morgan fingerprint density at radius 3 is 2.19 bits per heavy atom. The van der Waals surface area contributed by atoms with Crippen molar-refractivity contribution in [2.24, 2.45) is 28.6 Å². The number of rotatable bonds is 3. The Morgan fingerprint density at radius 2 is 1.62 bits per heavy atom. The normalized spacial score (nSPS) is 31.8. The first kappa shape index (κ1) is 29.7. The fourth-order valence-corrected chi connectivity index (χ4v) is 8.62. The molecule has 0 spiro atoms. The predicted octanol–water partition coefficient (Wildman–Crippen LogP) is 6.56. The van der Waals surface area contributed by atoms with Crippen LogP contribution in [0.15, 0.2) is 53.1 Å². The Labute approximate surface area is 247 Å². The highest BCUT2D eigenvalue weighted by atomic mass is 16.3. The molecule has 3 N–H and O–H groups in total.